The molecular weight excluding hydrogens is 308 g/mol. The van der Waals surface area contributed by atoms with Crippen molar-refractivity contribution in [2.24, 2.45) is 0 Å². The van der Waals surface area contributed by atoms with Gasteiger partial charge in [-0.2, -0.15) is 5.26 Å². The molecule has 5 heteroatoms. The zero-order valence-electron chi connectivity index (χ0n) is 10.2. The van der Waals surface area contributed by atoms with Crippen LogP contribution in [0.25, 0.3) is 0 Å². The van der Waals surface area contributed by atoms with Crippen LogP contribution in [0.4, 0.5) is 5.69 Å². The van der Waals surface area contributed by atoms with Gasteiger partial charge in [0.15, 0.2) is 5.75 Å². The number of halogens is 1. The molecule has 0 spiro atoms. The Morgan fingerprint density at radius 1 is 1.16 bits per heavy atom. The molecule has 19 heavy (non-hydrogen) atoms. The standard InChI is InChI=1S/C14H11BrN2O2/c1-18-10-4-5-14(13(17)7-10)19-11-3-2-9(8-16)12(15)6-11/h2-7H,17H2,1H3. The van der Waals surface area contributed by atoms with E-state index in [1.807, 2.05) is 0 Å². The molecule has 0 unspecified atom stereocenters. The molecule has 0 radical (unpaired) electrons. The molecule has 0 bridgehead atoms. The van der Waals surface area contributed by atoms with Gasteiger partial charge in [0.05, 0.1) is 18.4 Å². The maximum atomic E-state index is 8.85. The van der Waals surface area contributed by atoms with E-state index in [1.54, 1.807) is 43.5 Å². The van der Waals surface area contributed by atoms with Gasteiger partial charge in [-0.05, 0) is 46.3 Å². The predicted molar refractivity (Wildman–Crippen MR) is 76.3 cm³/mol. The lowest BCUT2D eigenvalue weighted by Crippen LogP contribution is -1.93. The van der Waals surface area contributed by atoms with E-state index in [1.165, 1.54) is 0 Å². The van der Waals surface area contributed by atoms with E-state index in [0.29, 0.717) is 33.0 Å². The lowest BCUT2D eigenvalue weighted by atomic mass is 10.2. The third kappa shape index (κ3) is 2.98. The number of anilines is 1. The number of ether oxygens (including phenoxy) is 2. The summed E-state index contributed by atoms with van der Waals surface area (Å²) >= 11 is 3.31. The fourth-order valence-corrected chi connectivity index (χ4v) is 1.97. The predicted octanol–water partition coefficient (Wildman–Crippen LogP) is 3.70. The van der Waals surface area contributed by atoms with Crippen molar-refractivity contribution in [1.29, 1.82) is 5.26 Å². The van der Waals surface area contributed by atoms with Crippen LogP contribution in [0.5, 0.6) is 17.2 Å². The van der Waals surface area contributed by atoms with Gasteiger partial charge in [0.2, 0.25) is 0 Å². The number of hydrogen-bond donors (Lipinski definition) is 1. The molecule has 0 aliphatic rings. The average Bonchev–Trinajstić information content (AvgIpc) is 2.41. The maximum Gasteiger partial charge on any atom is 0.150 e. The molecule has 0 aliphatic heterocycles. The molecular formula is C14H11BrN2O2. The maximum absolute atomic E-state index is 8.85. The molecule has 0 aromatic heterocycles. The van der Waals surface area contributed by atoms with E-state index in [4.69, 9.17) is 20.5 Å². The lowest BCUT2D eigenvalue weighted by molar-refractivity contribution is 0.413. The molecule has 0 aliphatic carbocycles. The summed E-state index contributed by atoms with van der Waals surface area (Å²) in [6, 6.07) is 12.4. The smallest absolute Gasteiger partial charge is 0.150 e. The summed E-state index contributed by atoms with van der Waals surface area (Å²) in [7, 11) is 1.58. The van der Waals surface area contributed by atoms with Crippen LogP contribution < -0.4 is 15.2 Å². The number of hydrogen-bond acceptors (Lipinski definition) is 4. The summed E-state index contributed by atoms with van der Waals surface area (Å²) in [5.74, 6) is 1.81. The Morgan fingerprint density at radius 3 is 2.47 bits per heavy atom. The molecule has 2 rings (SSSR count). The van der Waals surface area contributed by atoms with Crippen molar-refractivity contribution >= 4 is 21.6 Å². The molecule has 0 atom stereocenters. The van der Waals surface area contributed by atoms with E-state index >= 15 is 0 Å². The first kappa shape index (κ1) is 13.2. The van der Waals surface area contributed by atoms with Crippen molar-refractivity contribution in [3.05, 3.63) is 46.4 Å². The van der Waals surface area contributed by atoms with E-state index in [0.717, 1.165) is 0 Å². The Kier molecular flexibility index (Phi) is 3.93. The summed E-state index contributed by atoms with van der Waals surface area (Å²) in [6.45, 7) is 0. The Balaban J connectivity index is 2.26. The third-order valence-corrected chi connectivity index (χ3v) is 3.16. The molecule has 0 amide bonds. The number of nitrogen functional groups attached to an aromatic ring is 1. The van der Waals surface area contributed by atoms with Crippen LogP contribution in [-0.4, -0.2) is 7.11 Å². The Labute approximate surface area is 119 Å². The molecule has 4 nitrogen and oxygen atoms in total. The topological polar surface area (TPSA) is 68.3 Å². The minimum Gasteiger partial charge on any atom is -0.497 e. The van der Waals surface area contributed by atoms with Crippen molar-refractivity contribution in [2.75, 3.05) is 12.8 Å². The molecule has 2 aromatic carbocycles. The average molecular weight is 319 g/mol. The Hall–Kier alpha value is -2.19. The highest BCUT2D eigenvalue weighted by molar-refractivity contribution is 9.10. The zero-order valence-corrected chi connectivity index (χ0v) is 11.8. The first-order valence-corrected chi connectivity index (χ1v) is 6.24. The van der Waals surface area contributed by atoms with Gasteiger partial charge in [-0.15, -0.1) is 0 Å². The largest absolute Gasteiger partial charge is 0.497 e. The zero-order chi connectivity index (χ0) is 13.8. The van der Waals surface area contributed by atoms with Crippen molar-refractivity contribution in [3.8, 4) is 23.3 Å². The second-order valence-corrected chi connectivity index (χ2v) is 4.61. The quantitative estimate of drug-likeness (QED) is 0.876. The molecule has 2 aromatic rings. The summed E-state index contributed by atoms with van der Waals surface area (Å²) < 4.78 is 11.4. The summed E-state index contributed by atoms with van der Waals surface area (Å²) in [5, 5.41) is 8.85. The van der Waals surface area contributed by atoms with Crippen LogP contribution in [0, 0.1) is 11.3 Å². The van der Waals surface area contributed by atoms with Gasteiger partial charge in [-0.1, -0.05) is 0 Å². The van der Waals surface area contributed by atoms with Crippen LogP contribution in [0.2, 0.25) is 0 Å². The van der Waals surface area contributed by atoms with Crippen LogP contribution in [0.15, 0.2) is 40.9 Å². The van der Waals surface area contributed by atoms with E-state index in [9.17, 15) is 0 Å². The van der Waals surface area contributed by atoms with E-state index in [-0.39, 0.29) is 0 Å². The van der Waals surface area contributed by atoms with Gasteiger partial charge in [0.1, 0.15) is 17.6 Å². The Bertz CT molecular complexity index is 650. The van der Waals surface area contributed by atoms with Gasteiger partial charge in [-0.3, -0.25) is 0 Å². The number of benzene rings is 2. The second kappa shape index (κ2) is 5.63. The van der Waals surface area contributed by atoms with E-state index in [2.05, 4.69) is 22.0 Å². The Morgan fingerprint density at radius 2 is 1.89 bits per heavy atom. The molecule has 96 valence electrons. The van der Waals surface area contributed by atoms with Crippen LogP contribution >= 0.6 is 15.9 Å². The monoisotopic (exact) mass is 318 g/mol. The number of methoxy groups -OCH3 is 1. The molecule has 0 saturated heterocycles. The summed E-state index contributed by atoms with van der Waals surface area (Å²) in [6.07, 6.45) is 0. The highest BCUT2D eigenvalue weighted by Crippen LogP contribution is 2.32. The first-order valence-electron chi connectivity index (χ1n) is 5.45. The fourth-order valence-electron chi connectivity index (χ4n) is 1.52. The van der Waals surface area contributed by atoms with Crippen molar-refractivity contribution in [1.82, 2.24) is 0 Å². The van der Waals surface area contributed by atoms with E-state index < -0.39 is 0 Å². The lowest BCUT2D eigenvalue weighted by Gasteiger charge is -2.10. The number of nitrogens with zero attached hydrogens (tertiary/aromatic N) is 1. The van der Waals surface area contributed by atoms with Crippen molar-refractivity contribution < 1.29 is 9.47 Å². The minimum absolute atomic E-state index is 0.486. The normalized spacial score (nSPS) is 9.74. The SMILES string of the molecule is COc1ccc(Oc2ccc(C#N)c(Br)c2)c(N)c1. The van der Waals surface area contributed by atoms with Gasteiger partial charge in [-0.25, -0.2) is 0 Å². The highest BCUT2D eigenvalue weighted by atomic mass is 79.9. The summed E-state index contributed by atoms with van der Waals surface area (Å²) in [4.78, 5) is 0. The summed E-state index contributed by atoms with van der Waals surface area (Å²) in [5.41, 5.74) is 6.91. The first-order chi connectivity index (χ1) is 9.13. The molecule has 0 fully saturated rings. The third-order valence-electron chi connectivity index (χ3n) is 2.51. The van der Waals surface area contributed by atoms with Gasteiger partial charge in [0.25, 0.3) is 0 Å². The van der Waals surface area contributed by atoms with Crippen LogP contribution in [0.3, 0.4) is 0 Å². The second-order valence-electron chi connectivity index (χ2n) is 3.76. The van der Waals surface area contributed by atoms with Crippen LogP contribution in [-0.2, 0) is 0 Å². The van der Waals surface area contributed by atoms with Crippen LogP contribution in [0.1, 0.15) is 5.56 Å². The van der Waals surface area contributed by atoms with Crippen molar-refractivity contribution in [2.45, 2.75) is 0 Å². The van der Waals surface area contributed by atoms with Gasteiger partial charge < -0.3 is 15.2 Å². The molecule has 2 N–H and O–H groups in total. The van der Waals surface area contributed by atoms with Gasteiger partial charge >= 0.3 is 0 Å². The fraction of sp³-hybridized carbons (Fsp3) is 0.0714. The molecule has 0 saturated carbocycles. The van der Waals surface area contributed by atoms with Crippen molar-refractivity contribution in [3.63, 3.8) is 0 Å². The minimum atomic E-state index is 0.486. The molecule has 0 heterocycles. The number of rotatable bonds is 3. The highest BCUT2D eigenvalue weighted by Gasteiger charge is 2.06. The van der Waals surface area contributed by atoms with Gasteiger partial charge in [0, 0.05) is 10.5 Å². The number of nitriles is 1. The number of nitrogens with two attached hydrogens (primary N) is 1.